The standard InChI is InChI=1S/C31H47NO/c1-3-5-7-9-10-11-13-26-14-16-28(17-15-26)31-23-20-29(25-32-31)27-18-21-30(22-19-27)33-24-12-8-6-4-2/h18-23,25-26,28H,3-17,24H2,1-2H3/t26-,28-. The van der Waals surface area contributed by atoms with Crippen LogP contribution in [0.15, 0.2) is 42.6 Å². The third kappa shape index (κ3) is 9.14. The van der Waals surface area contributed by atoms with Crippen molar-refractivity contribution in [2.75, 3.05) is 6.61 Å². The topological polar surface area (TPSA) is 22.1 Å². The fourth-order valence-corrected chi connectivity index (χ4v) is 5.24. The van der Waals surface area contributed by atoms with Crippen LogP contribution < -0.4 is 4.74 Å². The highest BCUT2D eigenvalue weighted by molar-refractivity contribution is 5.63. The third-order valence-corrected chi connectivity index (χ3v) is 7.47. The predicted molar refractivity (Wildman–Crippen MR) is 142 cm³/mol. The molecule has 182 valence electrons. The Morgan fingerprint density at radius 1 is 0.697 bits per heavy atom. The van der Waals surface area contributed by atoms with Gasteiger partial charge in [0.1, 0.15) is 5.75 Å². The molecule has 0 atom stereocenters. The van der Waals surface area contributed by atoms with Crippen molar-refractivity contribution in [2.24, 2.45) is 5.92 Å². The van der Waals surface area contributed by atoms with Crippen molar-refractivity contribution in [1.82, 2.24) is 4.98 Å². The summed E-state index contributed by atoms with van der Waals surface area (Å²) in [7, 11) is 0. The van der Waals surface area contributed by atoms with E-state index in [4.69, 9.17) is 9.72 Å². The lowest BCUT2D eigenvalue weighted by atomic mass is 9.78. The normalized spacial score (nSPS) is 18.4. The summed E-state index contributed by atoms with van der Waals surface area (Å²) >= 11 is 0. The van der Waals surface area contributed by atoms with Crippen molar-refractivity contribution in [2.45, 2.75) is 116 Å². The first-order valence-corrected chi connectivity index (χ1v) is 14.0. The molecular weight excluding hydrogens is 402 g/mol. The van der Waals surface area contributed by atoms with Crippen molar-refractivity contribution >= 4 is 0 Å². The van der Waals surface area contributed by atoms with Crippen LogP contribution in [-0.4, -0.2) is 11.6 Å². The van der Waals surface area contributed by atoms with Gasteiger partial charge in [-0.15, -0.1) is 0 Å². The van der Waals surface area contributed by atoms with Gasteiger partial charge >= 0.3 is 0 Å². The molecule has 0 amide bonds. The summed E-state index contributed by atoms with van der Waals surface area (Å²) in [5.74, 6) is 2.58. The van der Waals surface area contributed by atoms with E-state index in [0.29, 0.717) is 5.92 Å². The summed E-state index contributed by atoms with van der Waals surface area (Å²) in [6, 6.07) is 13.0. The van der Waals surface area contributed by atoms with E-state index in [2.05, 4.69) is 56.4 Å². The second kappa shape index (κ2) is 15.1. The highest BCUT2D eigenvalue weighted by Gasteiger charge is 2.22. The van der Waals surface area contributed by atoms with Gasteiger partial charge in [-0.1, -0.05) is 96.3 Å². The molecule has 1 saturated carbocycles. The summed E-state index contributed by atoms with van der Waals surface area (Å²) in [6.07, 6.45) is 22.4. The van der Waals surface area contributed by atoms with Crippen LogP contribution in [0, 0.1) is 5.92 Å². The van der Waals surface area contributed by atoms with Gasteiger partial charge < -0.3 is 4.74 Å². The van der Waals surface area contributed by atoms with E-state index in [1.165, 1.54) is 107 Å². The Morgan fingerprint density at radius 3 is 2.00 bits per heavy atom. The maximum Gasteiger partial charge on any atom is 0.119 e. The van der Waals surface area contributed by atoms with Gasteiger partial charge in [0.15, 0.2) is 0 Å². The summed E-state index contributed by atoms with van der Waals surface area (Å²) in [5.41, 5.74) is 3.71. The number of unbranched alkanes of at least 4 members (excludes halogenated alkanes) is 8. The molecule has 1 heterocycles. The lowest BCUT2D eigenvalue weighted by molar-refractivity contribution is 0.299. The van der Waals surface area contributed by atoms with E-state index in [9.17, 15) is 0 Å². The van der Waals surface area contributed by atoms with Gasteiger partial charge in [0, 0.05) is 23.4 Å². The van der Waals surface area contributed by atoms with Crippen LogP contribution in [0.2, 0.25) is 0 Å². The summed E-state index contributed by atoms with van der Waals surface area (Å²) in [6.45, 7) is 5.35. The Balaban J connectivity index is 1.39. The Hall–Kier alpha value is -1.83. The number of aromatic nitrogens is 1. The maximum atomic E-state index is 5.88. The van der Waals surface area contributed by atoms with Gasteiger partial charge in [0.05, 0.1) is 6.61 Å². The number of ether oxygens (including phenoxy) is 1. The molecule has 1 aliphatic carbocycles. The van der Waals surface area contributed by atoms with E-state index in [1.807, 2.05) is 0 Å². The molecule has 0 radical (unpaired) electrons. The lowest BCUT2D eigenvalue weighted by Gasteiger charge is -2.28. The van der Waals surface area contributed by atoms with Crippen LogP contribution in [0.3, 0.4) is 0 Å². The number of benzene rings is 1. The summed E-state index contributed by atoms with van der Waals surface area (Å²) in [5, 5.41) is 0. The Labute approximate surface area is 203 Å². The molecule has 2 heteroatoms. The summed E-state index contributed by atoms with van der Waals surface area (Å²) < 4.78 is 5.88. The largest absolute Gasteiger partial charge is 0.494 e. The molecule has 33 heavy (non-hydrogen) atoms. The zero-order chi connectivity index (χ0) is 23.1. The van der Waals surface area contributed by atoms with Crippen LogP contribution in [0.1, 0.15) is 122 Å². The Morgan fingerprint density at radius 2 is 1.33 bits per heavy atom. The van der Waals surface area contributed by atoms with Gasteiger partial charge in [-0.25, -0.2) is 0 Å². The molecule has 1 aliphatic rings. The minimum absolute atomic E-state index is 0.656. The second-order valence-electron chi connectivity index (χ2n) is 10.2. The molecule has 1 fully saturated rings. The van der Waals surface area contributed by atoms with E-state index in [1.54, 1.807) is 0 Å². The molecule has 0 unspecified atom stereocenters. The highest BCUT2D eigenvalue weighted by Crippen LogP contribution is 2.37. The van der Waals surface area contributed by atoms with Crippen molar-refractivity contribution in [3.8, 4) is 16.9 Å². The number of hydrogen-bond acceptors (Lipinski definition) is 2. The molecular formula is C31H47NO. The molecule has 0 aliphatic heterocycles. The monoisotopic (exact) mass is 449 g/mol. The number of rotatable bonds is 15. The molecule has 0 N–H and O–H groups in total. The first-order chi connectivity index (χ1) is 16.3. The van der Waals surface area contributed by atoms with E-state index >= 15 is 0 Å². The van der Waals surface area contributed by atoms with Crippen LogP contribution in [0.5, 0.6) is 5.75 Å². The highest BCUT2D eigenvalue weighted by atomic mass is 16.5. The minimum atomic E-state index is 0.656. The average molecular weight is 450 g/mol. The third-order valence-electron chi connectivity index (χ3n) is 7.47. The molecule has 2 aromatic rings. The fourth-order valence-electron chi connectivity index (χ4n) is 5.24. The van der Waals surface area contributed by atoms with Crippen LogP contribution >= 0.6 is 0 Å². The lowest BCUT2D eigenvalue weighted by Crippen LogP contribution is -2.14. The van der Waals surface area contributed by atoms with Crippen LogP contribution in [0.25, 0.3) is 11.1 Å². The van der Waals surface area contributed by atoms with Crippen LogP contribution in [-0.2, 0) is 0 Å². The van der Waals surface area contributed by atoms with Gasteiger partial charge in [-0.3, -0.25) is 4.98 Å². The average Bonchev–Trinajstić information content (AvgIpc) is 2.87. The quantitative estimate of drug-likeness (QED) is 0.252. The molecule has 0 spiro atoms. The van der Waals surface area contributed by atoms with Crippen molar-refractivity contribution in [3.63, 3.8) is 0 Å². The molecule has 0 saturated heterocycles. The predicted octanol–water partition coefficient (Wildman–Crippen LogP) is 9.73. The minimum Gasteiger partial charge on any atom is -0.494 e. The summed E-state index contributed by atoms with van der Waals surface area (Å²) in [4.78, 5) is 4.88. The molecule has 3 rings (SSSR count). The van der Waals surface area contributed by atoms with Gasteiger partial charge in [0.25, 0.3) is 0 Å². The number of pyridine rings is 1. The Kier molecular flexibility index (Phi) is 11.8. The van der Waals surface area contributed by atoms with Gasteiger partial charge in [-0.2, -0.15) is 0 Å². The zero-order valence-electron chi connectivity index (χ0n) is 21.4. The van der Waals surface area contributed by atoms with Crippen molar-refractivity contribution < 1.29 is 4.74 Å². The van der Waals surface area contributed by atoms with E-state index in [0.717, 1.165) is 24.7 Å². The van der Waals surface area contributed by atoms with Crippen molar-refractivity contribution in [3.05, 3.63) is 48.3 Å². The SMILES string of the molecule is CCCCCCCC[C@H]1CC[C@H](c2ccc(-c3ccc(OCCCCCC)cc3)cn2)CC1. The first kappa shape index (κ1) is 25.8. The maximum absolute atomic E-state index is 5.88. The molecule has 1 aromatic heterocycles. The van der Waals surface area contributed by atoms with E-state index < -0.39 is 0 Å². The first-order valence-electron chi connectivity index (χ1n) is 14.0. The molecule has 2 nitrogen and oxygen atoms in total. The van der Waals surface area contributed by atoms with Gasteiger partial charge in [0.2, 0.25) is 0 Å². The van der Waals surface area contributed by atoms with Gasteiger partial charge in [-0.05, 0) is 61.8 Å². The smallest absolute Gasteiger partial charge is 0.119 e. The number of hydrogen-bond donors (Lipinski definition) is 0. The number of nitrogens with zero attached hydrogens (tertiary/aromatic N) is 1. The van der Waals surface area contributed by atoms with E-state index in [-0.39, 0.29) is 0 Å². The van der Waals surface area contributed by atoms with Crippen molar-refractivity contribution in [1.29, 1.82) is 0 Å². The molecule has 1 aromatic carbocycles. The Bertz CT molecular complexity index is 743. The van der Waals surface area contributed by atoms with Crippen LogP contribution in [0.4, 0.5) is 0 Å². The fraction of sp³-hybridized carbons (Fsp3) is 0.645. The zero-order valence-corrected chi connectivity index (χ0v) is 21.4. The second-order valence-corrected chi connectivity index (χ2v) is 10.2. The molecule has 0 bridgehead atoms.